The van der Waals surface area contributed by atoms with Crippen molar-refractivity contribution in [3.05, 3.63) is 33.8 Å². The molecular formula is C13H18BrNO. The summed E-state index contributed by atoms with van der Waals surface area (Å²) in [4.78, 5) is 0. The van der Waals surface area contributed by atoms with Crippen molar-refractivity contribution in [3.8, 4) is 0 Å². The van der Waals surface area contributed by atoms with E-state index in [9.17, 15) is 5.11 Å². The van der Waals surface area contributed by atoms with Crippen LogP contribution in [0.15, 0.2) is 22.7 Å². The SMILES string of the molecule is CC(O)CCNC1CCc2cc(Br)ccc21. The van der Waals surface area contributed by atoms with Crippen LogP contribution in [0.3, 0.4) is 0 Å². The van der Waals surface area contributed by atoms with Gasteiger partial charge in [0.05, 0.1) is 6.10 Å². The first kappa shape index (κ1) is 12.1. The van der Waals surface area contributed by atoms with E-state index in [-0.39, 0.29) is 6.10 Å². The fraction of sp³-hybridized carbons (Fsp3) is 0.538. The van der Waals surface area contributed by atoms with E-state index in [2.05, 4.69) is 39.4 Å². The molecule has 0 saturated heterocycles. The Hall–Kier alpha value is -0.380. The summed E-state index contributed by atoms with van der Waals surface area (Å²) in [6.07, 6.45) is 2.94. The molecule has 88 valence electrons. The topological polar surface area (TPSA) is 32.3 Å². The van der Waals surface area contributed by atoms with Crippen LogP contribution in [0, 0.1) is 0 Å². The molecule has 3 heteroatoms. The third-order valence-corrected chi connectivity index (χ3v) is 3.63. The normalized spacial score (nSPS) is 20.8. The zero-order chi connectivity index (χ0) is 11.5. The average molecular weight is 284 g/mol. The number of halogens is 1. The van der Waals surface area contributed by atoms with Gasteiger partial charge >= 0.3 is 0 Å². The van der Waals surface area contributed by atoms with Crippen molar-refractivity contribution in [1.29, 1.82) is 0 Å². The van der Waals surface area contributed by atoms with E-state index in [1.54, 1.807) is 0 Å². The van der Waals surface area contributed by atoms with E-state index in [1.807, 2.05) is 6.92 Å². The van der Waals surface area contributed by atoms with Gasteiger partial charge in [-0.2, -0.15) is 0 Å². The van der Waals surface area contributed by atoms with Crippen molar-refractivity contribution < 1.29 is 5.11 Å². The molecule has 16 heavy (non-hydrogen) atoms. The number of aryl methyl sites for hydroxylation is 1. The van der Waals surface area contributed by atoms with Crippen molar-refractivity contribution >= 4 is 15.9 Å². The molecule has 0 aromatic heterocycles. The number of benzene rings is 1. The second-order valence-electron chi connectivity index (χ2n) is 4.53. The van der Waals surface area contributed by atoms with Crippen molar-refractivity contribution in [3.63, 3.8) is 0 Å². The van der Waals surface area contributed by atoms with E-state index in [1.165, 1.54) is 17.5 Å². The summed E-state index contributed by atoms with van der Waals surface area (Å²) in [5, 5.41) is 12.7. The summed E-state index contributed by atoms with van der Waals surface area (Å²) in [5.41, 5.74) is 2.87. The van der Waals surface area contributed by atoms with Gasteiger partial charge < -0.3 is 10.4 Å². The largest absolute Gasteiger partial charge is 0.393 e. The van der Waals surface area contributed by atoms with Crippen molar-refractivity contribution in [2.45, 2.75) is 38.3 Å². The number of aliphatic hydroxyl groups is 1. The van der Waals surface area contributed by atoms with Gasteiger partial charge in [-0.1, -0.05) is 22.0 Å². The van der Waals surface area contributed by atoms with Crippen LogP contribution < -0.4 is 5.32 Å². The van der Waals surface area contributed by atoms with Gasteiger partial charge in [0, 0.05) is 10.5 Å². The van der Waals surface area contributed by atoms with Gasteiger partial charge in [0.25, 0.3) is 0 Å². The summed E-state index contributed by atoms with van der Waals surface area (Å²) < 4.78 is 1.16. The Kier molecular flexibility index (Phi) is 4.00. The minimum atomic E-state index is -0.210. The molecule has 0 radical (unpaired) electrons. The summed E-state index contributed by atoms with van der Waals surface area (Å²) in [6, 6.07) is 6.99. The van der Waals surface area contributed by atoms with Gasteiger partial charge in [0.2, 0.25) is 0 Å². The van der Waals surface area contributed by atoms with E-state index < -0.39 is 0 Å². The fourth-order valence-electron chi connectivity index (χ4n) is 2.26. The highest BCUT2D eigenvalue weighted by Crippen LogP contribution is 2.32. The minimum absolute atomic E-state index is 0.210. The van der Waals surface area contributed by atoms with E-state index in [4.69, 9.17) is 0 Å². The first-order chi connectivity index (χ1) is 7.66. The van der Waals surface area contributed by atoms with E-state index >= 15 is 0 Å². The predicted molar refractivity (Wildman–Crippen MR) is 69.5 cm³/mol. The first-order valence-corrected chi connectivity index (χ1v) is 6.66. The third kappa shape index (κ3) is 2.84. The quantitative estimate of drug-likeness (QED) is 0.891. The monoisotopic (exact) mass is 283 g/mol. The van der Waals surface area contributed by atoms with Crippen molar-refractivity contribution in [2.75, 3.05) is 6.54 Å². The molecule has 1 aliphatic carbocycles. The number of hydrogen-bond donors (Lipinski definition) is 2. The van der Waals surface area contributed by atoms with E-state index in [0.717, 1.165) is 23.9 Å². The highest BCUT2D eigenvalue weighted by atomic mass is 79.9. The molecule has 2 rings (SSSR count). The van der Waals surface area contributed by atoms with Gasteiger partial charge in [-0.05, 0) is 56.0 Å². The third-order valence-electron chi connectivity index (χ3n) is 3.14. The lowest BCUT2D eigenvalue weighted by Crippen LogP contribution is -2.23. The molecular weight excluding hydrogens is 266 g/mol. The second-order valence-corrected chi connectivity index (χ2v) is 5.44. The van der Waals surface area contributed by atoms with Crippen LogP contribution in [0.2, 0.25) is 0 Å². The highest BCUT2D eigenvalue weighted by molar-refractivity contribution is 9.10. The molecule has 1 aromatic rings. The molecule has 0 saturated carbocycles. The molecule has 0 heterocycles. The van der Waals surface area contributed by atoms with Crippen LogP contribution in [0.4, 0.5) is 0 Å². The molecule has 2 N–H and O–H groups in total. The van der Waals surface area contributed by atoms with Gasteiger partial charge in [0.15, 0.2) is 0 Å². The molecule has 0 fully saturated rings. The minimum Gasteiger partial charge on any atom is -0.393 e. The van der Waals surface area contributed by atoms with Crippen LogP contribution in [0.25, 0.3) is 0 Å². The Morgan fingerprint density at radius 3 is 3.12 bits per heavy atom. The Labute approximate surface area is 105 Å². The molecule has 0 aliphatic heterocycles. The first-order valence-electron chi connectivity index (χ1n) is 5.86. The van der Waals surface area contributed by atoms with Gasteiger partial charge in [-0.3, -0.25) is 0 Å². The number of rotatable bonds is 4. The van der Waals surface area contributed by atoms with E-state index in [0.29, 0.717) is 6.04 Å². The number of fused-ring (bicyclic) bond motifs is 1. The Balaban J connectivity index is 1.95. The summed E-state index contributed by atoms with van der Waals surface area (Å²) in [5.74, 6) is 0. The molecule has 2 atom stereocenters. The summed E-state index contributed by atoms with van der Waals surface area (Å²) in [7, 11) is 0. The fourth-order valence-corrected chi connectivity index (χ4v) is 2.67. The van der Waals surface area contributed by atoms with Gasteiger partial charge in [-0.15, -0.1) is 0 Å². The summed E-state index contributed by atoms with van der Waals surface area (Å²) >= 11 is 3.50. The predicted octanol–water partition coefficient (Wildman–Crippen LogP) is 2.80. The van der Waals surface area contributed by atoms with Crippen LogP contribution >= 0.6 is 15.9 Å². The van der Waals surface area contributed by atoms with Crippen molar-refractivity contribution in [2.24, 2.45) is 0 Å². The molecule has 1 aromatic carbocycles. The second kappa shape index (κ2) is 5.30. The number of aliphatic hydroxyl groups excluding tert-OH is 1. The molecule has 0 bridgehead atoms. The van der Waals surface area contributed by atoms with Gasteiger partial charge in [0.1, 0.15) is 0 Å². The standard InChI is InChI=1S/C13H18BrNO/c1-9(16)6-7-15-13-5-2-10-8-11(14)3-4-12(10)13/h3-4,8-9,13,15-16H,2,5-7H2,1H3. The lowest BCUT2D eigenvalue weighted by Gasteiger charge is -2.14. The number of hydrogen-bond acceptors (Lipinski definition) is 2. The maximum atomic E-state index is 9.21. The summed E-state index contributed by atoms with van der Waals surface area (Å²) in [6.45, 7) is 2.72. The Bertz CT molecular complexity index is 365. The van der Waals surface area contributed by atoms with Crippen LogP contribution in [0.1, 0.15) is 36.9 Å². The van der Waals surface area contributed by atoms with Crippen LogP contribution in [0.5, 0.6) is 0 Å². The Morgan fingerprint density at radius 1 is 1.56 bits per heavy atom. The van der Waals surface area contributed by atoms with Gasteiger partial charge in [-0.25, -0.2) is 0 Å². The van der Waals surface area contributed by atoms with Crippen molar-refractivity contribution in [1.82, 2.24) is 5.32 Å². The highest BCUT2D eigenvalue weighted by Gasteiger charge is 2.21. The maximum absolute atomic E-state index is 9.21. The lowest BCUT2D eigenvalue weighted by atomic mass is 10.1. The maximum Gasteiger partial charge on any atom is 0.0524 e. The lowest BCUT2D eigenvalue weighted by molar-refractivity contribution is 0.182. The van der Waals surface area contributed by atoms with Crippen LogP contribution in [-0.2, 0) is 6.42 Å². The molecule has 0 spiro atoms. The zero-order valence-corrected chi connectivity index (χ0v) is 11.1. The smallest absolute Gasteiger partial charge is 0.0524 e. The average Bonchev–Trinajstić information content (AvgIpc) is 2.60. The molecule has 0 amide bonds. The molecule has 2 nitrogen and oxygen atoms in total. The molecule has 2 unspecified atom stereocenters. The zero-order valence-electron chi connectivity index (χ0n) is 9.54. The van der Waals surface area contributed by atoms with Crippen LogP contribution in [-0.4, -0.2) is 17.8 Å². The number of nitrogens with one attached hydrogen (secondary N) is 1. The molecule has 1 aliphatic rings. The Morgan fingerprint density at radius 2 is 2.38 bits per heavy atom.